The molecular weight excluding hydrogens is 727 g/mol. The highest BCUT2D eigenvalue weighted by atomic mass is 32.1. The van der Waals surface area contributed by atoms with Crippen molar-refractivity contribution in [2.24, 2.45) is 0 Å². The van der Waals surface area contributed by atoms with E-state index in [9.17, 15) is 0 Å². The molecule has 9 aromatic carbocycles. The second-order valence-corrected chi connectivity index (χ2v) is 15.9. The number of thiophene rings is 1. The number of benzene rings is 9. The SMILES string of the molecule is c1ccc(-c2cccc3c2oc2ccc(-c4ccc(N(c5ccc6oc7ccccc7c6c5)c5ccc(-c6ccccc6)c6sc7ccccc7c56)cc4)cc23)cc1. The molecule has 4 heteroatoms. The minimum atomic E-state index is 0.879. The molecule has 3 nitrogen and oxygen atoms in total. The maximum atomic E-state index is 6.51. The van der Waals surface area contributed by atoms with Crippen LogP contribution in [0.4, 0.5) is 17.1 Å². The number of hydrogen-bond acceptors (Lipinski definition) is 4. The van der Waals surface area contributed by atoms with E-state index >= 15 is 0 Å². The number of hydrogen-bond donors (Lipinski definition) is 0. The summed E-state index contributed by atoms with van der Waals surface area (Å²) >= 11 is 1.86. The molecule has 0 fully saturated rings. The fraction of sp³-hybridized carbons (Fsp3) is 0. The van der Waals surface area contributed by atoms with Gasteiger partial charge in [-0.2, -0.15) is 0 Å². The van der Waals surface area contributed by atoms with Crippen LogP contribution in [0.1, 0.15) is 0 Å². The van der Waals surface area contributed by atoms with Crippen molar-refractivity contribution in [1.29, 1.82) is 0 Å². The van der Waals surface area contributed by atoms with Crippen LogP contribution < -0.4 is 4.90 Å². The minimum Gasteiger partial charge on any atom is -0.456 e. The Morgan fingerprint density at radius 1 is 0.362 bits per heavy atom. The van der Waals surface area contributed by atoms with Gasteiger partial charge in [0.2, 0.25) is 0 Å². The Kier molecular flexibility index (Phi) is 7.40. The van der Waals surface area contributed by atoms with E-state index in [0.29, 0.717) is 0 Å². The quantitative estimate of drug-likeness (QED) is 0.169. The molecule has 0 amide bonds. The van der Waals surface area contributed by atoms with Crippen molar-refractivity contribution in [3.05, 3.63) is 200 Å². The summed E-state index contributed by atoms with van der Waals surface area (Å²) in [5.74, 6) is 0. The second kappa shape index (κ2) is 13.1. The Balaban J connectivity index is 1.03. The molecule has 0 saturated heterocycles. The Hall–Kier alpha value is -7.40. The van der Waals surface area contributed by atoms with Crippen LogP contribution in [0.25, 0.3) is 97.4 Å². The Morgan fingerprint density at radius 3 is 1.81 bits per heavy atom. The monoisotopic (exact) mass is 759 g/mol. The van der Waals surface area contributed by atoms with Crippen molar-refractivity contribution in [3.63, 3.8) is 0 Å². The predicted molar refractivity (Wildman–Crippen MR) is 245 cm³/mol. The van der Waals surface area contributed by atoms with Gasteiger partial charge in [-0.05, 0) is 88.5 Å². The summed E-state index contributed by atoms with van der Waals surface area (Å²) in [7, 11) is 0. The van der Waals surface area contributed by atoms with Crippen LogP contribution in [-0.2, 0) is 0 Å². The van der Waals surface area contributed by atoms with Crippen LogP contribution in [0.3, 0.4) is 0 Å². The van der Waals surface area contributed by atoms with Crippen LogP contribution in [0.5, 0.6) is 0 Å². The van der Waals surface area contributed by atoms with E-state index in [-0.39, 0.29) is 0 Å². The molecule has 0 aliphatic rings. The molecule has 0 aliphatic carbocycles. The summed E-state index contributed by atoms with van der Waals surface area (Å²) in [5, 5.41) is 6.94. The average molecular weight is 760 g/mol. The molecule has 272 valence electrons. The first kappa shape index (κ1) is 32.8. The molecule has 0 radical (unpaired) electrons. The first-order chi connectivity index (χ1) is 28.7. The molecule has 3 heterocycles. The third kappa shape index (κ3) is 5.19. The summed E-state index contributed by atoms with van der Waals surface area (Å²) in [4.78, 5) is 2.42. The van der Waals surface area contributed by atoms with Gasteiger partial charge in [-0.25, -0.2) is 0 Å². The molecule has 3 aromatic heterocycles. The van der Waals surface area contributed by atoms with E-state index in [1.807, 2.05) is 29.5 Å². The molecule has 0 unspecified atom stereocenters. The lowest BCUT2D eigenvalue weighted by Crippen LogP contribution is -2.10. The lowest BCUT2D eigenvalue weighted by atomic mass is 9.99. The van der Waals surface area contributed by atoms with Gasteiger partial charge in [0.15, 0.2) is 0 Å². The van der Waals surface area contributed by atoms with Crippen molar-refractivity contribution in [3.8, 4) is 33.4 Å². The van der Waals surface area contributed by atoms with E-state index in [4.69, 9.17) is 8.83 Å². The van der Waals surface area contributed by atoms with Gasteiger partial charge in [-0.15, -0.1) is 11.3 Å². The summed E-state index contributed by atoms with van der Waals surface area (Å²) < 4.78 is 15.4. The molecular formula is C54H33NO2S. The van der Waals surface area contributed by atoms with Crippen molar-refractivity contribution < 1.29 is 8.83 Å². The van der Waals surface area contributed by atoms with Crippen LogP contribution in [0, 0.1) is 0 Å². The molecule has 0 atom stereocenters. The zero-order valence-corrected chi connectivity index (χ0v) is 32.0. The van der Waals surface area contributed by atoms with Gasteiger partial charge in [0.1, 0.15) is 22.3 Å². The lowest BCUT2D eigenvalue weighted by Gasteiger charge is -2.27. The number of nitrogens with zero attached hydrogens (tertiary/aromatic N) is 1. The van der Waals surface area contributed by atoms with Crippen molar-refractivity contribution in [2.45, 2.75) is 0 Å². The molecule has 12 rings (SSSR count). The number of para-hydroxylation sites is 2. The maximum absolute atomic E-state index is 6.51. The molecule has 0 bridgehead atoms. The van der Waals surface area contributed by atoms with Crippen molar-refractivity contribution in [2.75, 3.05) is 4.90 Å². The Morgan fingerprint density at radius 2 is 0.983 bits per heavy atom. The smallest absolute Gasteiger partial charge is 0.143 e. The van der Waals surface area contributed by atoms with Gasteiger partial charge in [-0.1, -0.05) is 140 Å². The van der Waals surface area contributed by atoms with E-state index in [1.165, 1.54) is 31.3 Å². The number of fused-ring (bicyclic) bond motifs is 9. The summed E-state index contributed by atoms with van der Waals surface area (Å²) in [5.41, 5.74) is 13.8. The van der Waals surface area contributed by atoms with Crippen molar-refractivity contribution >= 4 is 92.4 Å². The van der Waals surface area contributed by atoms with Gasteiger partial charge in [-0.3, -0.25) is 0 Å². The van der Waals surface area contributed by atoms with Gasteiger partial charge in [0, 0.05) is 58.7 Å². The first-order valence-electron chi connectivity index (χ1n) is 19.6. The normalized spacial score (nSPS) is 11.8. The summed E-state index contributed by atoms with van der Waals surface area (Å²) in [6.45, 7) is 0. The molecule has 0 spiro atoms. The van der Waals surface area contributed by atoms with Gasteiger partial charge in [0.25, 0.3) is 0 Å². The fourth-order valence-corrected chi connectivity index (χ4v) is 10.0. The van der Waals surface area contributed by atoms with Crippen molar-refractivity contribution in [1.82, 2.24) is 0 Å². The zero-order valence-electron chi connectivity index (χ0n) is 31.2. The highest BCUT2D eigenvalue weighted by Crippen LogP contribution is 2.49. The highest BCUT2D eigenvalue weighted by molar-refractivity contribution is 7.26. The van der Waals surface area contributed by atoms with Crippen LogP contribution in [-0.4, -0.2) is 0 Å². The molecule has 0 aliphatic heterocycles. The second-order valence-electron chi connectivity index (χ2n) is 14.8. The summed E-state index contributed by atoms with van der Waals surface area (Å²) in [6, 6.07) is 71.4. The Labute approximate surface area is 338 Å². The first-order valence-corrected chi connectivity index (χ1v) is 20.4. The van der Waals surface area contributed by atoms with Gasteiger partial charge < -0.3 is 13.7 Å². The zero-order chi connectivity index (χ0) is 38.2. The number of anilines is 3. The molecule has 58 heavy (non-hydrogen) atoms. The average Bonchev–Trinajstić information content (AvgIpc) is 3.99. The predicted octanol–water partition coefficient (Wildman–Crippen LogP) is 16.3. The number of furan rings is 2. The van der Waals surface area contributed by atoms with E-state index < -0.39 is 0 Å². The van der Waals surface area contributed by atoms with Crippen LogP contribution in [0.15, 0.2) is 209 Å². The summed E-state index contributed by atoms with van der Waals surface area (Å²) in [6.07, 6.45) is 0. The van der Waals surface area contributed by atoms with E-state index in [2.05, 4.69) is 187 Å². The fourth-order valence-electron chi connectivity index (χ4n) is 8.75. The standard InChI is InChI=1S/C54H33NO2S/c1-3-12-35(13-4-1)40-18-11-19-43-45-32-37(24-30-50(45)57-53(40)43)34-22-25-38(26-23-34)55(39-27-31-49-46(33-39)42-16-7-9-20-48(42)56-49)47-29-28-41(36-14-5-2-6-15-36)54-52(47)44-17-8-10-21-51(44)58-54/h1-33H. The number of rotatable bonds is 6. The maximum Gasteiger partial charge on any atom is 0.143 e. The van der Waals surface area contributed by atoms with Crippen LogP contribution >= 0.6 is 11.3 Å². The van der Waals surface area contributed by atoms with Gasteiger partial charge >= 0.3 is 0 Å². The molecule has 0 saturated carbocycles. The van der Waals surface area contributed by atoms with E-state index in [1.54, 1.807) is 0 Å². The third-order valence-electron chi connectivity index (χ3n) is 11.5. The topological polar surface area (TPSA) is 29.5 Å². The van der Waals surface area contributed by atoms with E-state index in [0.717, 1.165) is 83.2 Å². The third-order valence-corrected chi connectivity index (χ3v) is 12.7. The highest BCUT2D eigenvalue weighted by Gasteiger charge is 2.22. The molecule has 12 aromatic rings. The largest absolute Gasteiger partial charge is 0.456 e. The van der Waals surface area contributed by atoms with Gasteiger partial charge in [0.05, 0.1) is 5.69 Å². The lowest BCUT2D eigenvalue weighted by molar-refractivity contribution is 0.669. The van der Waals surface area contributed by atoms with Crippen LogP contribution in [0.2, 0.25) is 0 Å². The Bertz CT molecular complexity index is 3500. The molecule has 0 N–H and O–H groups in total. The minimum absolute atomic E-state index is 0.879.